The van der Waals surface area contributed by atoms with Crippen molar-refractivity contribution in [2.45, 2.75) is 31.7 Å². The molecule has 4 N–H and O–H groups in total. The molecule has 9 nitrogen and oxygen atoms in total. The van der Waals surface area contributed by atoms with E-state index in [1.807, 2.05) is 0 Å². The Bertz CT molecular complexity index is 709. The van der Waals surface area contributed by atoms with Crippen LogP contribution in [0.25, 0.3) is 0 Å². The molecule has 1 aromatic carbocycles. The molecule has 0 unspecified atom stereocenters. The summed E-state index contributed by atoms with van der Waals surface area (Å²) < 4.78 is 20.7. The number of hydrogen-bond acceptors (Lipinski definition) is 7. The molecule has 3 rings (SSSR count). The van der Waals surface area contributed by atoms with Crippen molar-refractivity contribution in [1.82, 2.24) is 5.32 Å². The average Bonchev–Trinajstić information content (AvgIpc) is 3.13. The van der Waals surface area contributed by atoms with E-state index in [1.165, 1.54) is 0 Å². The van der Waals surface area contributed by atoms with E-state index in [9.17, 15) is 9.59 Å². The Morgan fingerprint density at radius 2 is 1.83 bits per heavy atom. The molecule has 1 heterocycles. The molecule has 0 aromatic heterocycles. The highest BCUT2D eigenvalue weighted by atomic mass is 35.5. The van der Waals surface area contributed by atoms with Gasteiger partial charge in [-0.05, 0) is 25.7 Å². The number of carbonyl (C=O) groups excluding carboxylic acids is 2. The molecule has 1 saturated carbocycles. The molecular weight excluding hydrogens is 402 g/mol. The van der Waals surface area contributed by atoms with Gasteiger partial charge in [-0.1, -0.05) is 0 Å². The van der Waals surface area contributed by atoms with Gasteiger partial charge in [-0.15, -0.1) is 12.4 Å². The van der Waals surface area contributed by atoms with Crippen molar-refractivity contribution in [2.75, 3.05) is 44.8 Å². The van der Waals surface area contributed by atoms with E-state index in [4.69, 9.17) is 24.7 Å². The van der Waals surface area contributed by atoms with Crippen molar-refractivity contribution in [3.8, 4) is 11.5 Å². The maximum absolute atomic E-state index is 12.6. The number of rotatable bonds is 8. The topological polar surface area (TPSA) is 121 Å². The van der Waals surface area contributed by atoms with Crippen LogP contribution in [0, 0.1) is 5.92 Å². The first kappa shape index (κ1) is 23.1. The van der Waals surface area contributed by atoms with Crippen LogP contribution in [0.1, 0.15) is 25.7 Å². The van der Waals surface area contributed by atoms with Gasteiger partial charge in [0.2, 0.25) is 18.6 Å². The van der Waals surface area contributed by atoms with E-state index in [0.29, 0.717) is 48.9 Å². The molecular formula is C19H28ClN3O6. The minimum Gasteiger partial charge on any atom is -0.454 e. The lowest BCUT2D eigenvalue weighted by molar-refractivity contribution is -0.127. The first-order valence-electron chi connectivity index (χ1n) is 9.43. The van der Waals surface area contributed by atoms with Crippen molar-refractivity contribution in [3.05, 3.63) is 12.1 Å². The van der Waals surface area contributed by atoms with Gasteiger partial charge in [-0.25, -0.2) is 0 Å². The summed E-state index contributed by atoms with van der Waals surface area (Å²) in [6.45, 7) is 1.02. The Hall–Kier alpha value is -2.23. The van der Waals surface area contributed by atoms with Crippen LogP contribution in [-0.4, -0.2) is 51.6 Å². The first-order valence-corrected chi connectivity index (χ1v) is 9.43. The molecule has 2 aliphatic rings. The molecule has 1 aliphatic carbocycles. The molecule has 162 valence electrons. The maximum atomic E-state index is 12.6. The minimum atomic E-state index is -0.142. The molecule has 0 atom stereocenters. The summed E-state index contributed by atoms with van der Waals surface area (Å²) in [6.07, 6.45) is 2.90. The third-order valence-corrected chi connectivity index (χ3v) is 4.93. The molecule has 1 fully saturated rings. The number of carbonyl (C=O) groups is 2. The third-order valence-electron chi connectivity index (χ3n) is 4.93. The number of ether oxygens (including phenoxy) is 4. The normalized spacial score (nSPS) is 19.9. The number of halogens is 1. The fourth-order valence-corrected chi connectivity index (χ4v) is 3.38. The van der Waals surface area contributed by atoms with Gasteiger partial charge in [0.15, 0.2) is 11.5 Å². The van der Waals surface area contributed by atoms with E-state index in [2.05, 4.69) is 10.6 Å². The van der Waals surface area contributed by atoms with Gasteiger partial charge in [0.1, 0.15) is 6.61 Å². The molecule has 2 amide bonds. The van der Waals surface area contributed by atoms with E-state index >= 15 is 0 Å². The maximum Gasteiger partial charge on any atom is 0.246 e. The second kappa shape index (κ2) is 11.1. The smallest absolute Gasteiger partial charge is 0.246 e. The lowest BCUT2D eigenvalue weighted by Crippen LogP contribution is -2.41. The lowest BCUT2D eigenvalue weighted by Gasteiger charge is -2.28. The highest BCUT2D eigenvalue weighted by Crippen LogP contribution is 2.38. The van der Waals surface area contributed by atoms with Gasteiger partial charge in [-0.3, -0.25) is 9.59 Å². The number of anilines is 2. The van der Waals surface area contributed by atoms with Crippen LogP contribution in [-0.2, 0) is 19.1 Å². The lowest BCUT2D eigenvalue weighted by atomic mass is 9.85. The highest BCUT2D eigenvalue weighted by molar-refractivity contribution is 5.96. The van der Waals surface area contributed by atoms with E-state index < -0.39 is 0 Å². The van der Waals surface area contributed by atoms with Crippen molar-refractivity contribution in [2.24, 2.45) is 5.92 Å². The van der Waals surface area contributed by atoms with Gasteiger partial charge >= 0.3 is 0 Å². The number of nitrogens with two attached hydrogens (primary N) is 1. The predicted octanol–water partition coefficient (Wildman–Crippen LogP) is 1.70. The molecule has 0 spiro atoms. The summed E-state index contributed by atoms with van der Waals surface area (Å²) in [5.41, 5.74) is 6.95. The van der Waals surface area contributed by atoms with Crippen LogP contribution in [0.15, 0.2) is 12.1 Å². The zero-order valence-corrected chi connectivity index (χ0v) is 17.2. The van der Waals surface area contributed by atoms with Crippen molar-refractivity contribution < 1.29 is 28.5 Å². The fraction of sp³-hybridized carbons (Fsp3) is 0.579. The average molecular weight is 430 g/mol. The zero-order chi connectivity index (χ0) is 19.9. The van der Waals surface area contributed by atoms with Crippen LogP contribution in [0.4, 0.5) is 11.4 Å². The van der Waals surface area contributed by atoms with Gasteiger partial charge in [-0.2, -0.15) is 0 Å². The molecule has 1 aromatic rings. The monoisotopic (exact) mass is 429 g/mol. The molecule has 0 radical (unpaired) electrons. The third kappa shape index (κ3) is 6.38. The summed E-state index contributed by atoms with van der Waals surface area (Å²) in [5.74, 6) is 0.827. The Morgan fingerprint density at radius 1 is 1.14 bits per heavy atom. The zero-order valence-electron chi connectivity index (χ0n) is 16.4. The molecule has 0 bridgehead atoms. The van der Waals surface area contributed by atoms with Gasteiger partial charge < -0.3 is 35.3 Å². The van der Waals surface area contributed by atoms with Crippen LogP contribution in [0.2, 0.25) is 0 Å². The van der Waals surface area contributed by atoms with Gasteiger partial charge in [0, 0.05) is 31.2 Å². The Balaban J connectivity index is 0.00000300. The second-order valence-corrected chi connectivity index (χ2v) is 6.94. The number of amides is 2. The van der Waals surface area contributed by atoms with E-state index in [-0.39, 0.29) is 49.6 Å². The number of methoxy groups -OCH3 is 1. The largest absolute Gasteiger partial charge is 0.454 e. The Morgan fingerprint density at radius 3 is 2.52 bits per heavy atom. The Labute approximate surface area is 176 Å². The standard InChI is InChI=1S/C19H27N3O6.ClH/c1-25-6-7-26-10-18(23)21-13-4-2-12(3-5-13)19(24)22-15-9-17-16(8-14(15)20)27-11-28-17;/h8-9,12-13H,2-7,10-11,20H2,1H3,(H,21,23)(H,22,24);1H. The van der Waals surface area contributed by atoms with Crippen LogP contribution < -0.4 is 25.8 Å². The summed E-state index contributed by atoms with van der Waals surface area (Å²) in [7, 11) is 1.58. The summed E-state index contributed by atoms with van der Waals surface area (Å²) in [6, 6.07) is 3.41. The quantitative estimate of drug-likeness (QED) is 0.424. The van der Waals surface area contributed by atoms with Crippen molar-refractivity contribution in [3.63, 3.8) is 0 Å². The van der Waals surface area contributed by atoms with Crippen LogP contribution in [0.3, 0.4) is 0 Å². The van der Waals surface area contributed by atoms with Crippen LogP contribution in [0.5, 0.6) is 11.5 Å². The second-order valence-electron chi connectivity index (χ2n) is 6.94. The SMILES string of the molecule is COCCOCC(=O)NC1CCC(C(=O)Nc2cc3c(cc2N)OCO3)CC1.Cl. The summed E-state index contributed by atoms with van der Waals surface area (Å²) in [4.78, 5) is 24.5. The molecule has 0 saturated heterocycles. The molecule has 10 heteroatoms. The first-order chi connectivity index (χ1) is 13.6. The van der Waals surface area contributed by atoms with Crippen LogP contribution >= 0.6 is 12.4 Å². The summed E-state index contributed by atoms with van der Waals surface area (Å²) >= 11 is 0. The summed E-state index contributed by atoms with van der Waals surface area (Å²) in [5, 5.41) is 5.84. The minimum absolute atomic E-state index is 0. The van der Waals surface area contributed by atoms with Gasteiger partial charge in [0.05, 0.1) is 24.6 Å². The number of nitrogens with one attached hydrogen (secondary N) is 2. The molecule has 1 aliphatic heterocycles. The highest BCUT2D eigenvalue weighted by Gasteiger charge is 2.28. The van der Waals surface area contributed by atoms with Crippen molar-refractivity contribution >= 4 is 35.6 Å². The number of fused-ring (bicyclic) bond motifs is 1. The van der Waals surface area contributed by atoms with Crippen molar-refractivity contribution in [1.29, 1.82) is 0 Å². The van der Waals surface area contributed by atoms with Gasteiger partial charge in [0.25, 0.3) is 0 Å². The fourth-order valence-electron chi connectivity index (χ4n) is 3.38. The number of nitrogen functional groups attached to an aromatic ring is 1. The van der Waals surface area contributed by atoms with E-state index in [0.717, 1.165) is 12.8 Å². The number of benzene rings is 1. The predicted molar refractivity (Wildman–Crippen MR) is 109 cm³/mol. The van der Waals surface area contributed by atoms with E-state index in [1.54, 1.807) is 19.2 Å². The number of hydrogen-bond donors (Lipinski definition) is 3. The Kier molecular flexibility index (Phi) is 8.81. The molecule has 29 heavy (non-hydrogen) atoms.